The maximum atomic E-state index is 12.7. The molecule has 2 heterocycles. The molecule has 1 aromatic rings. The van der Waals surface area contributed by atoms with E-state index in [0.717, 1.165) is 4.47 Å². The topological polar surface area (TPSA) is 66.9 Å². The van der Waals surface area contributed by atoms with Crippen LogP contribution in [-0.2, 0) is 19.6 Å². The molecule has 0 aromatic heterocycles. The van der Waals surface area contributed by atoms with Crippen molar-refractivity contribution >= 4 is 43.5 Å². The molecule has 0 saturated carbocycles. The van der Waals surface area contributed by atoms with Crippen molar-refractivity contribution in [1.82, 2.24) is 9.21 Å². The zero-order valence-electron chi connectivity index (χ0n) is 12.2. The lowest BCUT2D eigenvalue weighted by atomic mass is 10.2. The van der Waals surface area contributed by atoms with Gasteiger partial charge in [-0.05, 0) is 18.2 Å². The van der Waals surface area contributed by atoms with Crippen molar-refractivity contribution in [2.75, 3.05) is 32.8 Å². The van der Waals surface area contributed by atoms with Crippen molar-refractivity contribution in [3.05, 3.63) is 27.7 Å². The molecule has 1 aromatic carbocycles. The average Bonchev–Trinajstić information content (AvgIpc) is 2.93. The summed E-state index contributed by atoms with van der Waals surface area (Å²) in [5, 5.41) is 0.196. The highest BCUT2D eigenvalue weighted by atomic mass is 79.9. The molecule has 0 bridgehead atoms. The van der Waals surface area contributed by atoms with Crippen LogP contribution in [0, 0.1) is 0 Å². The number of ether oxygens (including phenoxy) is 1. The van der Waals surface area contributed by atoms with Crippen LogP contribution in [0.15, 0.2) is 27.6 Å². The Kier molecular flexibility index (Phi) is 4.98. The highest BCUT2D eigenvalue weighted by molar-refractivity contribution is 9.10. The van der Waals surface area contributed by atoms with E-state index >= 15 is 0 Å². The third kappa shape index (κ3) is 3.41. The van der Waals surface area contributed by atoms with Crippen molar-refractivity contribution in [2.45, 2.75) is 17.4 Å². The predicted molar refractivity (Wildman–Crippen MR) is 88.8 cm³/mol. The lowest BCUT2D eigenvalue weighted by molar-refractivity contribution is -0.142. The van der Waals surface area contributed by atoms with Crippen LogP contribution in [0.1, 0.15) is 6.42 Å². The number of piperazine rings is 1. The second-order valence-corrected chi connectivity index (χ2v) is 8.72. The van der Waals surface area contributed by atoms with Gasteiger partial charge >= 0.3 is 5.97 Å². The first-order chi connectivity index (χ1) is 10.9. The number of benzene rings is 1. The molecule has 0 N–H and O–H groups in total. The smallest absolute Gasteiger partial charge is 0.323 e. The first kappa shape index (κ1) is 17.2. The second-order valence-electron chi connectivity index (χ2n) is 5.49. The highest BCUT2D eigenvalue weighted by Crippen LogP contribution is 2.28. The third-order valence-electron chi connectivity index (χ3n) is 4.13. The number of rotatable bonds is 3. The molecular weight excluding hydrogens is 408 g/mol. The van der Waals surface area contributed by atoms with Crippen LogP contribution in [0.4, 0.5) is 0 Å². The Morgan fingerprint density at radius 2 is 1.91 bits per heavy atom. The minimum absolute atomic E-state index is 0.107. The van der Waals surface area contributed by atoms with Crippen molar-refractivity contribution in [1.29, 1.82) is 0 Å². The van der Waals surface area contributed by atoms with Crippen LogP contribution in [-0.4, -0.2) is 62.4 Å². The Labute approximate surface area is 148 Å². The molecule has 0 amide bonds. The SMILES string of the molecule is O=C1OCCC1N1CCN(S(=O)(=O)c2ccc(Br)cc2Cl)CC1. The monoisotopic (exact) mass is 422 g/mol. The van der Waals surface area contributed by atoms with Gasteiger partial charge in [-0.15, -0.1) is 0 Å². The van der Waals surface area contributed by atoms with Crippen molar-refractivity contribution in [3.8, 4) is 0 Å². The van der Waals surface area contributed by atoms with Crippen LogP contribution in [0.3, 0.4) is 0 Å². The summed E-state index contributed by atoms with van der Waals surface area (Å²) in [6, 6.07) is 4.49. The molecule has 0 radical (unpaired) electrons. The van der Waals surface area contributed by atoms with E-state index in [4.69, 9.17) is 16.3 Å². The van der Waals surface area contributed by atoms with E-state index in [2.05, 4.69) is 15.9 Å². The number of sulfonamides is 1. The maximum Gasteiger partial charge on any atom is 0.323 e. The van der Waals surface area contributed by atoms with Gasteiger partial charge in [0.2, 0.25) is 10.0 Å². The van der Waals surface area contributed by atoms with E-state index in [1.165, 1.54) is 10.4 Å². The normalized spacial score (nSPS) is 23.9. The standard InChI is InChI=1S/C14H16BrClN2O4S/c15-10-1-2-13(11(16)9-10)23(20,21)18-6-4-17(5-7-18)12-3-8-22-14(12)19/h1-2,9,12H,3-8H2. The number of nitrogens with zero attached hydrogens (tertiary/aromatic N) is 2. The Balaban J connectivity index is 1.72. The molecule has 2 aliphatic rings. The molecule has 3 rings (SSSR count). The van der Waals surface area contributed by atoms with Crippen LogP contribution in [0.5, 0.6) is 0 Å². The zero-order valence-corrected chi connectivity index (χ0v) is 15.4. The molecule has 0 spiro atoms. The van der Waals surface area contributed by atoms with E-state index in [9.17, 15) is 13.2 Å². The predicted octanol–water partition coefficient (Wildman–Crippen LogP) is 1.72. The van der Waals surface area contributed by atoms with Crippen LogP contribution < -0.4 is 0 Å². The summed E-state index contributed by atoms with van der Waals surface area (Å²) in [5.74, 6) is -0.211. The van der Waals surface area contributed by atoms with Gasteiger partial charge in [0.1, 0.15) is 10.9 Å². The average molecular weight is 424 g/mol. The third-order valence-corrected chi connectivity index (χ3v) is 7.01. The maximum absolute atomic E-state index is 12.7. The summed E-state index contributed by atoms with van der Waals surface area (Å²) in [4.78, 5) is 13.7. The molecule has 1 unspecified atom stereocenters. The number of hydrogen-bond donors (Lipinski definition) is 0. The summed E-state index contributed by atoms with van der Waals surface area (Å²) in [6.07, 6.45) is 0.671. The summed E-state index contributed by atoms with van der Waals surface area (Å²) in [5.41, 5.74) is 0. The number of carbonyl (C=O) groups is 1. The molecular formula is C14H16BrClN2O4S. The number of cyclic esters (lactones) is 1. The fourth-order valence-electron chi connectivity index (χ4n) is 2.90. The first-order valence-electron chi connectivity index (χ1n) is 7.25. The molecule has 23 heavy (non-hydrogen) atoms. The highest BCUT2D eigenvalue weighted by Gasteiger charge is 2.37. The van der Waals surface area contributed by atoms with Gasteiger partial charge < -0.3 is 4.74 Å². The van der Waals surface area contributed by atoms with Crippen LogP contribution in [0.2, 0.25) is 5.02 Å². The molecule has 0 aliphatic carbocycles. The van der Waals surface area contributed by atoms with Crippen molar-refractivity contribution < 1.29 is 17.9 Å². The minimum atomic E-state index is -3.63. The number of carbonyl (C=O) groups excluding carboxylic acids is 1. The summed E-state index contributed by atoms with van der Waals surface area (Å²) >= 11 is 9.34. The summed E-state index contributed by atoms with van der Waals surface area (Å²) < 4.78 is 32.6. The van der Waals surface area contributed by atoms with Gasteiger partial charge in [0.05, 0.1) is 11.6 Å². The molecule has 6 nitrogen and oxygen atoms in total. The van der Waals surface area contributed by atoms with Crippen LogP contribution in [0.25, 0.3) is 0 Å². The van der Waals surface area contributed by atoms with Gasteiger partial charge in [-0.3, -0.25) is 9.69 Å². The summed E-state index contributed by atoms with van der Waals surface area (Å²) in [7, 11) is -3.63. The Morgan fingerprint density at radius 1 is 1.22 bits per heavy atom. The van der Waals surface area contributed by atoms with E-state index in [1.807, 2.05) is 4.90 Å². The molecule has 1 atom stereocenters. The largest absolute Gasteiger partial charge is 0.464 e. The van der Waals surface area contributed by atoms with Crippen LogP contribution >= 0.6 is 27.5 Å². The lowest BCUT2D eigenvalue weighted by Crippen LogP contribution is -2.52. The molecule has 2 fully saturated rings. The fourth-order valence-corrected chi connectivity index (χ4v) is 5.33. The zero-order chi connectivity index (χ0) is 16.6. The van der Waals surface area contributed by atoms with Crippen molar-refractivity contribution in [3.63, 3.8) is 0 Å². The van der Waals surface area contributed by atoms with E-state index in [-0.39, 0.29) is 21.9 Å². The molecule has 9 heteroatoms. The number of hydrogen-bond acceptors (Lipinski definition) is 5. The second kappa shape index (κ2) is 6.68. The Hall–Kier alpha value is -0.670. The van der Waals surface area contributed by atoms with Gasteiger partial charge in [-0.2, -0.15) is 4.31 Å². The number of esters is 1. The van der Waals surface area contributed by atoms with Gasteiger partial charge in [0.25, 0.3) is 0 Å². The lowest BCUT2D eigenvalue weighted by Gasteiger charge is -2.35. The minimum Gasteiger partial charge on any atom is -0.464 e. The Bertz CT molecular complexity index is 719. The van der Waals surface area contributed by atoms with Gasteiger partial charge in [-0.1, -0.05) is 27.5 Å². The quantitative estimate of drug-likeness (QED) is 0.693. The molecule has 126 valence electrons. The summed E-state index contributed by atoms with van der Waals surface area (Å²) in [6.45, 7) is 2.12. The first-order valence-corrected chi connectivity index (χ1v) is 9.86. The van der Waals surface area contributed by atoms with Gasteiger partial charge in [0.15, 0.2) is 0 Å². The number of halogens is 2. The van der Waals surface area contributed by atoms with Crippen molar-refractivity contribution in [2.24, 2.45) is 0 Å². The van der Waals surface area contributed by atoms with Gasteiger partial charge in [-0.25, -0.2) is 8.42 Å². The van der Waals surface area contributed by atoms with E-state index in [0.29, 0.717) is 39.2 Å². The molecule has 2 saturated heterocycles. The van der Waals surface area contributed by atoms with Gasteiger partial charge in [0, 0.05) is 37.1 Å². The fraction of sp³-hybridized carbons (Fsp3) is 0.500. The van der Waals surface area contributed by atoms with E-state index in [1.54, 1.807) is 12.1 Å². The molecule has 2 aliphatic heterocycles. The Morgan fingerprint density at radius 3 is 2.48 bits per heavy atom. The van der Waals surface area contributed by atoms with E-state index < -0.39 is 10.0 Å².